The Hall–Kier alpha value is -2.93. The van der Waals surface area contributed by atoms with Gasteiger partial charge in [0.15, 0.2) is 0 Å². The predicted octanol–water partition coefficient (Wildman–Crippen LogP) is 2.75. The van der Waals surface area contributed by atoms with Gasteiger partial charge in [0.1, 0.15) is 5.82 Å². The second-order valence-electron chi connectivity index (χ2n) is 7.58. The quantitative estimate of drug-likeness (QED) is 0.817. The summed E-state index contributed by atoms with van der Waals surface area (Å²) in [7, 11) is 0. The first-order valence-corrected chi connectivity index (χ1v) is 10.0. The first kappa shape index (κ1) is 19.4. The van der Waals surface area contributed by atoms with Crippen molar-refractivity contribution in [2.24, 2.45) is 0 Å². The van der Waals surface area contributed by atoms with Crippen LogP contribution in [-0.2, 0) is 6.54 Å². The highest BCUT2D eigenvalue weighted by molar-refractivity contribution is 5.98. The number of anilines is 1. The number of likely N-dealkylation sites (tertiary alicyclic amines) is 1. The summed E-state index contributed by atoms with van der Waals surface area (Å²) < 4.78 is 13.0. The van der Waals surface area contributed by atoms with E-state index in [4.69, 9.17) is 0 Å². The van der Waals surface area contributed by atoms with Gasteiger partial charge in [0.25, 0.3) is 5.91 Å². The lowest BCUT2D eigenvalue weighted by Crippen LogP contribution is -2.44. The fourth-order valence-electron chi connectivity index (χ4n) is 3.89. The summed E-state index contributed by atoms with van der Waals surface area (Å²) in [5.74, 6) is -0.326. The number of carbonyl (C=O) groups is 2. The number of halogens is 1. The first-order chi connectivity index (χ1) is 14.1. The lowest BCUT2D eigenvalue weighted by molar-refractivity contribution is 0.0909. The largest absolute Gasteiger partial charge is 0.349 e. The summed E-state index contributed by atoms with van der Waals surface area (Å²) in [5.41, 5.74) is 2.40. The van der Waals surface area contributed by atoms with Gasteiger partial charge in [0.05, 0.1) is 0 Å². The molecule has 0 radical (unpaired) electrons. The van der Waals surface area contributed by atoms with Gasteiger partial charge >= 0.3 is 6.03 Å². The standard InChI is InChI=1S/C22H25FN4O2/c23-18-6-4-16(5-7-18)15-26-11-8-19(9-12-26)25-21(28)17-2-1-3-20(14-17)27-13-10-24-22(27)29/h1-7,14,19H,8-13,15H2,(H,24,29)(H,25,28). The van der Waals surface area contributed by atoms with Crippen molar-refractivity contribution in [3.05, 3.63) is 65.5 Å². The molecule has 3 amide bonds. The number of benzene rings is 2. The topological polar surface area (TPSA) is 64.7 Å². The van der Waals surface area contributed by atoms with Gasteiger partial charge in [-0.2, -0.15) is 0 Å². The smallest absolute Gasteiger partial charge is 0.321 e. The highest BCUT2D eigenvalue weighted by Crippen LogP contribution is 2.19. The third-order valence-electron chi connectivity index (χ3n) is 5.52. The Morgan fingerprint density at radius 2 is 1.86 bits per heavy atom. The molecule has 29 heavy (non-hydrogen) atoms. The molecule has 4 rings (SSSR count). The summed E-state index contributed by atoms with van der Waals surface area (Å²) >= 11 is 0. The average molecular weight is 396 g/mol. The van der Waals surface area contributed by atoms with Crippen LogP contribution in [-0.4, -0.2) is 49.1 Å². The van der Waals surface area contributed by atoms with E-state index in [1.54, 1.807) is 23.1 Å². The number of nitrogens with zero attached hydrogens (tertiary/aromatic N) is 2. The van der Waals surface area contributed by atoms with Gasteiger partial charge < -0.3 is 10.6 Å². The van der Waals surface area contributed by atoms with Crippen molar-refractivity contribution in [2.75, 3.05) is 31.1 Å². The maximum absolute atomic E-state index is 13.0. The molecule has 2 aromatic carbocycles. The Balaban J connectivity index is 1.29. The third kappa shape index (κ3) is 4.74. The SMILES string of the molecule is O=C(NC1CCN(Cc2ccc(F)cc2)CC1)c1cccc(N2CCNC2=O)c1. The summed E-state index contributed by atoms with van der Waals surface area (Å²) in [6.07, 6.45) is 1.75. The molecule has 2 N–H and O–H groups in total. The van der Waals surface area contributed by atoms with Gasteiger partial charge in [0.2, 0.25) is 0 Å². The maximum atomic E-state index is 13.0. The molecule has 0 aromatic heterocycles. The molecule has 2 aliphatic heterocycles. The van der Waals surface area contributed by atoms with Crippen LogP contribution in [0.15, 0.2) is 48.5 Å². The molecule has 0 aliphatic carbocycles. The van der Waals surface area contributed by atoms with E-state index in [1.807, 2.05) is 18.2 Å². The number of hydrogen-bond acceptors (Lipinski definition) is 3. The number of piperidine rings is 1. The normalized spacial score (nSPS) is 18.0. The van der Waals surface area contributed by atoms with Crippen LogP contribution in [0.4, 0.5) is 14.9 Å². The molecule has 0 spiro atoms. The second-order valence-corrected chi connectivity index (χ2v) is 7.58. The molecular formula is C22H25FN4O2. The zero-order valence-corrected chi connectivity index (χ0v) is 16.2. The molecule has 2 heterocycles. The van der Waals surface area contributed by atoms with Crippen molar-refractivity contribution in [1.82, 2.24) is 15.5 Å². The molecule has 2 aromatic rings. The van der Waals surface area contributed by atoms with Gasteiger partial charge in [-0.25, -0.2) is 9.18 Å². The van der Waals surface area contributed by atoms with Crippen LogP contribution in [0, 0.1) is 5.82 Å². The Morgan fingerprint density at radius 3 is 2.55 bits per heavy atom. The van der Waals surface area contributed by atoms with Gasteiger partial charge in [-0.3, -0.25) is 14.6 Å². The molecule has 152 valence electrons. The summed E-state index contributed by atoms with van der Waals surface area (Å²) in [4.78, 5) is 28.5. The van der Waals surface area contributed by atoms with Gasteiger partial charge in [-0.05, 0) is 48.7 Å². The molecular weight excluding hydrogens is 371 g/mol. The van der Waals surface area contributed by atoms with Gasteiger partial charge in [-0.15, -0.1) is 0 Å². The van der Waals surface area contributed by atoms with E-state index in [1.165, 1.54) is 12.1 Å². The van der Waals surface area contributed by atoms with Crippen molar-refractivity contribution in [2.45, 2.75) is 25.4 Å². The Bertz CT molecular complexity index is 879. The molecule has 6 nitrogen and oxygen atoms in total. The molecule has 0 bridgehead atoms. The van der Waals surface area contributed by atoms with Crippen LogP contribution in [0.3, 0.4) is 0 Å². The van der Waals surface area contributed by atoms with Crippen LogP contribution in [0.5, 0.6) is 0 Å². The predicted molar refractivity (Wildman–Crippen MR) is 109 cm³/mol. The van der Waals surface area contributed by atoms with Crippen molar-refractivity contribution in [3.8, 4) is 0 Å². The fraction of sp³-hybridized carbons (Fsp3) is 0.364. The summed E-state index contributed by atoms with van der Waals surface area (Å²) in [6, 6.07) is 13.8. The fourth-order valence-corrected chi connectivity index (χ4v) is 3.89. The Kier molecular flexibility index (Phi) is 5.76. The lowest BCUT2D eigenvalue weighted by Gasteiger charge is -2.32. The highest BCUT2D eigenvalue weighted by Gasteiger charge is 2.24. The van der Waals surface area contributed by atoms with Crippen LogP contribution in [0.2, 0.25) is 0 Å². The van der Waals surface area contributed by atoms with Crippen molar-refractivity contribution in [1.29, 1.82) is 0 Å². The van der Waals surface area contributed by atoms with E-state index >= 15 is 0 Å². The summed E-state index contributed by atoms with van der Waals surface area (Å²) in [6.45, 7) is 3.79. The van der Waals surface area contributed by atoms with E-state index in [-0.39, 0.29) is 23.8 Å². The minimum absolute atomic E-state index is 0.108. The maximum Gasteiger partial charge on any atom is 0.321 e. The zero-order valence-electron chi connectivity index (χ0n) is 16.2. The average Bonchev–Trinajstić information content (AvgIpc) is 3.17. The number of carbonyl (C=O) groups excluding carboxylic acids is 2. The van der Waals surface area contributed by atoms with E-state index in [2.05, 4.69) is 15.5 Å². The summed E-state index contributed by atoms with van der Waals surface area (Å²) in [5, 5.41) is 5.89. The van der Waals surface area contributed by atoms with E-state index in [9.17, 15) is 14.0 Å². The monoisotopic (exact) mass is 396 g/mol. The minimum atomic E-state index is -0.218. The lowest BCUT2D eigenvalue weighted by atomic mass is 10.0. The van der Waals surface area contributed by atoms with E-state index < -0.39 is 0 Å². The third-order valence-corrected chi connectivity index (χ3v) is 5.52. The van der Waals surface area contributed by atoms with Crippen LogP contribution < -0.4 is 15.5 Å². The molecule has 2 aliphatic rings. The second kappa shape index (κ2) is 8.61. The van der Waals surface area contributed by atoms with Crippen LogP contribution in [0.1, 0.15) is 28.8 Å². The first-order valence-electron chi connectivity index (χ1n) is 10.0. The van der Waals surface area contributed by atoms with E-state index in [0.717, 1.165) is 43.7 Å². The number of nitrogens with one attached hydrogen (secondary N) is 2. The van der Waals surface area contributed by atoms with Gasteiger partial charge in [-0.1, -0.05) is 18.2 Å². The van der Waals surface area contributed by atoms with Gasteiger partial charge in [0, 0.05) is 50.0 Å². The molecule has 0 atom stereocenters. The minimum Gasteiger partial charge on any atom is -0.349 e. The number of urea groups is 1. The molecule has 2 saturated heterocycles. The van der Waals surface area contributed by atoms with Crippen LogP contribution in [0.25, 0.3) is 0 Å². The van der Waals surface area contributed by atoms with Crippen molar-refractivity contribution >= 4 is 17.6 Å². The molecule has 0 saturated carbocycles. The highest BCUT2D eigenvalue weighted by atomic mass is 19.1. The Labute approximate surface area is 169 Å². The zero-order chi connectivity index (χ0) is 20.2. The molecule has 2 fully saturated rings. The number of rotatable bonds is 5. The number of amides is 3. The van der Waals surface area contributed by atoms with Crippen LogP contribution >= 0.6 is 0 Å². The van der Waals surface area contributed by atoms with Crippen molar-refractivity contribution in [3.63, 3.8) is 0 Å². The van der Waals surface area contributed by atoms with E-state index in [0.29, 0.717) is 18.7 Å². The molecule has 7 heteroatoms. The molecule has 0 unspecified atom stereocenters. The number of hydrogen-bond donors (Lipinski definition) is 2. The Morgan fingerprint density at radius 1 is 1.10 bits per heavy atom. The van der Waals surface area contributed by atoms with Crippen molar-refractivity contribution < 1.29 is 14.0 Å².